The molecule has 3 heteroatoms. The van der Waals surface area contributed by atoms with E-state index in [0.29, 0.717) is 0 Å². The number of benzene rings is 2. The summed E-state index contributed by atoms with van der Waals surface area (Å²) >= 11 is 0. The van der Waals surface area contributed by atoms with Crippen LogP contribution < -0.4 is 24.8 Å². The van der Waals surface area contributed by atoms with Crippen LogP contribution in [0.5, 0.6) is 0 Å². The molecular formula is C19H16Cl2Ti. The van der Waals surface area contributed by atoms with Crippen LogP contribution in [0.4, 0.5) is 0 Å². The Labute approximate surface area is 159 Å². The second-order valence-electron chi connectivity index (χ2n) is 4.78. The fourth-order valence-electron chi connectivity index (χ4n) is 2.37. The van der Waals surface area contributed by atoms with Crippen molar-refractivity contribution in [1.82, 2.24) is 0 Å². The summed E-state index contributed by atoms with van der Waals surface area (Å²) in [5.41, 5.74) is 1.34. The van der Waals surface area contributed by atoms with Gasteiger partial charge in [0.25, 0.3) is 0 Å². The average Bonchev–Trinajstić information content (AvgIpc) is 3.06. The van der Waals surface area contributed by atoms with E-state index < -0.39 is 0 Å². The molecular weight excluding hydrogens is 347 g/mol. The molecule has 0 nitrogen and oxygen atoms in total. The number of hydrogen-bond acceptors (Lipinski definition) is 0. The maximum atomic E-state index is 2.24. The summed E-state index contributed by atoms with van der Waals surface area (Å²) in [5, 5.41) is 5.39. The second-order valence-corrected chi connectivity index (χ2v) is 4.78. The smallest absolute Gasteiger partial charge is 1.00 e. The van der Waals surface area contributed by atoms with Gasteiger partial charge in [-0.15, -0.1) is 39.7 Å². The van der Waals surface area contributed by atoms with Gasteiger partial charge in [0.1, 0.15) is 0 Å². The van der Waals surface area contributed by atoms with Gasteiger partial charge in [-0.2, -0.15) is 18.2 Å². The van der Waals surface area contributed by atoms with E-state index in [0.717, 1.165) is 0 Å². The van der Waals surface area contributed by atoms with Gasteiger partial charge >= 0.3 is 21.7 Å². The van der Waals surface area contributed by atoms with Gasteiger partial charge in [-0.3, -0.25) is 0 Å². The minimum absolute atomic E-state index is 0. The number of hydrogen-bond donors (Lipinski definition) is 0. The predicted octanol–water partition coefficient (Wildman–Crippen LogP) is -0.569. The van der Waals surface area contributed by atoms with Crippen molar-refractivity contribution in [3.63, 3.8) is 0 Å². The first-order valence-corrected chi connectivity index (χ1v) is 6.56. The molecule has 0 N–H and O–H groups in total. The zero-order valence-electron chi connectivity index (χ0n) is 12.3. The third-order valence-corrected chi connectivity index (χ3v) is 3.35. The Morgan fingerprint density at radius 1 is 0.727 bits per heavy atom. The fourth-order valence-corrected chi connectivity index (χ4v) is 2.37. The van der Waals surface area contributed by atoms with Gasteiger partial charge in [0.2, 0.25) is 0 Å². The van der Waals surface area contributed by atoms with Gasteiger partial charge in [0.15, 0.2) is 0 Å². The van der Waals surface area contributed by atoms with Crippen LogP contribution >= 0.6 is 0 Å². The molecule has 0 radical (unpaired) electrons. The molecule has 0 atom stereocenters. The molecule has 0 amide bonds. The average molecular weight is 363 g/mol. The van der Waals surface area contributed by atoms with Crippen molar-refractivity contribution in [3.05, 3.63) is 84.4 Å². The van der Waals surface area contributed by atoms with Gasteiger partial charge in [-0.1, -0.05) is 43.3 Å². The summed E-state index contributed by atoms with van der Waals surface area (Å²) in [6, 6.07) is 27.5. The molecule has 4 rings (SSSR count). The molecule has 0 aliphatic carbocycles. The van der Waals surface area contributed by atoms with E-state index in [4.69, 9.17) is 0 Å². The Morgan fingerprint density at radius 2 is 1.23 bits per heavy atom. The van der Waals surface area contributed by atoms with E-state index in [-0.39, 0.29) is 46.5 Å². The maximum Gasteiger partial charge on any atom is 4.00 e. The van der Waals surface area contributed by atoms with Crippen LogP contribution in [0, 0.1) is 6.92 Å². The fraction of sp³-hybridized carbons (Fsp3) is 0.0526. The van der Waals surface area contributed by atoms with Crippen LogP contribution in [-0.2, 0) is 21.7 Å². The van der Waals surface area contributed by atoms with Crippen molar-refractivity contribution in [3.8, 4) is 0 Å². The van der Waals surface area contributed by atoms with Crippen LogP contribution in [0.3, 0.4) is 0 Å². The number of halogens is 2. The Bertz CT molecular complexity index is 735. The summed E-state index contributed by atoms with van der Waals surface area (Å²) in [7, 11) is 0. The Kier molecular flexibility index (Phi) is 9.40. The molecule has 0 saturated heterocycles. The minimum atomic E-state index is 0. The SMILES string of the molecule is Cc1cc[cH-]c1.[Cl-].[Cl-].[Ti+4].c1ccc2c(c1)[cH-]c1ccccc12. The Balaban J connectivity index is 0.000000429. The van der Waals surface area contributed by atoms with Crippen LogP contribution in [-0.4, -0.2) is 0 Å². The van der Waals surface area contributed by atoms with E-state index in [1.54, 1.807) is 0 Å². The van der Waals surface area contributed by atoms with E-state index in [1.165, 1.54) is 27.1 Å². The van der Waals surface area contributed by atoms with Gasteiger partial charge in [-0.05, 0) is 0 Å². The quantitative estimate of drug-likeness (QED) is 0.290. The predicted molar refractivity (Wildman–Crippen MR) is 83.8 cm³/mol. The minimum Gasteiger partial charge on any atom is -1.00 e. The molecule has 0 spiro atoms. The van der Waals surface area contributed by atoms with Crippen molar-refractivity contribution >= 4 is 21.5 Å². The molecule has 0 aromatic heterocycles. The summed E-state index contributed by atoms with van der Waals surface area (Å²) in [5.74, 6) is 0. The number of aryl methyl sites for hydroxylation is 1. The molecule has 0 saturated carbocycles. The summed E-state index contributed by atoms with van der Waals surface area (Å²) in [6.45, 7) is 2.08. The first-order valence-electron chi connectivity index (χ1n) is 6.56. The zero-order valence-corrected chi connectivity index (χ0v) is 15.3. The third-order valence-electron chi connectivity index (χ3n) is 3.35. The summed E-state index contributed by atoms with van der Waals surface area (Å²) < 4.78 is 0. The van der Waals surface area contributed by atoms with E-state index in [1.807, 2.05) is 12.1 Å². The summed E-state index contributed by atoms with van der Waals surface area (Å²) in [6.07, 6.45) is 0. The number of fused-ring (bicyclic) bond motifs is 3. The van der Waals surface area contributed by atoms with Crippen molar-refractivity contribution in [1.29, 1.82) is 0 Å². The van der Waals surface area contributed by atoms with Gasteiger partial charge < -0.3 is 24.8 Å². The van der Waals surface area contributed by atoms with Crippen molar-refractivity contribution in [2.24, 2.45) is 0 Å². The Hall–Kier alpha value is -1.05. The van der Waals surface area contributed by atoms with Gasteiger partial charge in [-0.25, -0.2) is 11.6 Å². The molecule has 4 aromatic carbocycles. The molecule has 4 aromatic rings. The third kappa shape index (κ3) is 4.73. The molecule has 0 aliphatic rings. The molecule has 0 bridgehead atoms. The van der Waals surface area contributed by atoms with E-state index >= 15 is 0 Å². The van der Waals surface area contributed by atoms with Crippen LogP contribution in [0.2, 0.25) is 0 Å². The van der Waals surface area contributed by atoms with Gasteiger partial charge in [0, 0.05) is 0 Å². The first-order chi connectivity index (χ1) is 9.34. The maximum absolute atomic E-state index is 2.24. The van der Waals surface area contributed by atoms with Gasteiger partial charge in [0.05, 0.1) is 0 Å². The van der Waals surface area contributed by atoms with Crippen LogP contribution in [0.1, 0.15) is 5.56 Å². The van der Waals surface area contributed by atoms with E-state index in [9.17, 15) is 0 Å². The second kappa shape index (κ2) is 9.87. The molecule has 0 heterocycles. The molecule has 0 aliphatic heterocycles. The van der Waals surface area contributed by atoms with Crippen LogP contribution in [0.15, 0.2) is 78.9 Å². The largest absolute Gasteiger partial charge is 4.00 e. The van der Waals surface area contributed by atoms with Crippen LogP contribution in [0.25, 0.3) is 21.5 Å². The van der Waals surface area contributed by atoms with Crippen molar-refractivity contribution in [2.75, 3.05) is 0 Å². The molecule has 110 valence electrons. The monoisotopic (exact) mass is 362 g/mol. The standard InChI is InChI=1S/C13H9.C6H7.2ClH.Ti/c1-3-7-12-10(5-1)9-11-6-2-4-8-13(11)12;1-6-4-2-3-5-6;;;/h1-9H;2-5H,1H3;2*1H;/q2*-1;;;+4/p-2. The van der Waals surface area contributed by atoms with E-state index in [2.05, 4.69) is 73.7 Å². The zero-order chi connectivity index (χ0) is 13.1. The Morgan fingerprint density at radius 3 is 1.59 bits per heavy atom. The summed E-state index contributed by atoms with van der Waals surface area (Å²) in [4.78, 5) is 0. The number of rotatable bonds is 0. The molecule has 0 fully saturated rings. The van der Waals surface area contributed by atoms with Crippen molar-refractivity contribution in [2.45, 2.75) is 6.92 Å². The first kappa shape index (κ1) is 21.0. The molecule has 0 unspecified atom stereocenters. The molecule has 22 heavy (non-hydrogen) atoms. The normalized spacial score (nSPS) is 8.95. The topological polar surface area (TPSA) is 0 Å². The van der Waals surface area contributed by atoms with Crippen molar-refractivity contribution < 1.29 is 46.5 Å².